The van der Waals surface area contributed by atoms with Crippen molar-refractivity contribution in [3.63, 3.8) is 0 Å². The van der Waals surface area contributed by atoms with E-state index in [9.17, 15) is 14.4 Å². The van der Waals surface area contributed by atoms with Crippen LogP contribution in [0.15, 0.2) is 35.4 Å². The van der Waals surface area contributed by atoms with Gasteiger partial charge in [-0.25, -0.2) is 4.98 Å². The minimum absolute atomic E-state index is 0.0127. The van der Waals surface area contributed by atoms with Gasteiger partial charge in [0.15, 0.2) is 0 Å². The van der Waals surface area contributed by atoms with Crippen molar-refractivity contribution >= 4 is 33.4 Å². The Morgan fingerprint density at radius 2 is 1.71 bits per heavy atom. The number of carbonyl (C=O) groups excluding carboxylic acids is 2. The molecule has 0 radical (unpaired) electrons. The van der Waals surface area contributed by atoms with Crippen molar-refractivity contribution in [1.29, 1.82) is 0 Å². The van der Waals surface area contributed by atoms with Crippen LogP contribution >= 0.6 is 11.3 Å². The molecule has 1 aromatic carbocycles. The summed E-state index contributed by atoms with van der Waals surface area (Å²) in [5.41, 5.74) is 3.05. The van der Waals surface area contributed by atoms with E-state index in [-0.39, 0.29) is 23.8 Å². The minimum atomic E-state index is -0.0262. The lowest BCUT2D eigenvalue weighted by atomic mass is 9.97. The molecule has 0 unspecified atom stereocenters. The first-order valence-electron chi connectivity index (χ1n) is 12.2. The molecule has 178 valence electrons. The van der Waals surface area contributed by atoms with Crippen molar-refractivity contribution in [1.82, 2.24) is 19.4 Å². The summed E-state index contributed by atoms with van der Waals surface area (Å²) in [6, 6.07) is 7.75. The van der Waals surface area contributed by atoms with Gasteiger partial charge in [0.1, 0.15) is 4.83 Å². The number of aryl methyl sites for hydroxylation is 4. The van der Waals surface area contributed by atoms with Crippen molar-refractivity contribution in [3.05, 3.63) is 62.5 Å². The van der Waals surface area contributed by atoms with Gasteiger partial charge in [0.05, 0.1) is 11.7 Å². The molecule has 3 aromatic rings. The normalized spacial score (nSPS) is 16.0. The van der Waals surface area contributed by atoms with Gasteiger partial charge in [-0.3, -0.25) is 19.0 Å². The van der Waals surface area contributed by atoms with Gasteiger partial charge in [-0.1, -0.05) is 19.1 Å². The first-order chi connectivity index (χ1) is 16.5. The third kappa shape index (κ3) is 4.39. The van der Waals surface area contributed by atoms with Gasteiger partial charge in [-0.15, -0.1) is 11.3 Å². The summed E-state index contributed by atoms with van der Waals surface area (Å²) in [5, 5.41) is 0.758. The Bertz CT molecular complexity index is 1270. The molecule has 0 N–H and O–H groups in total. The number of amides is 2. The highest BCUT2D eigenvalue weighted by atomic mass is 32.1. The summed E-state index contributed by atoms with van der Waals surface area (Å²) in [5.74, 6) is 0.0264. The second-order valence-corrected chi connectivity index (χ2v) is 10.2. The number of hydrogen-bond acceptors (Lipinski definition) is 5. The van der Waals surface area contributed by atoms with Gasteiger partial charge in [0.2, 0.25) is 5.91 Å². The molecule has 7 nitrogen and oxygen atoms in total. The van der Waals surface area contributed by atoms with Crippen molar-refractivity contribution in [2.75, 3.05) is 26.2 Å². The molecule has 2 aromatic heterocycles. The lowest BCUT2D eigenvalue weighted by Crippen LogP contribution is -2.50. The van der Waals surface area contributed by atoms with E-state index in [1.165, 1.54) is 22.4 Å². The molecule has 1 aliphatic heterocycles. The van der Waals surface area contributed by atoms with Crippen LogP contribution in [0.3, 0.4) is 0 Å². The topological polar surface area (TPSA) is 75.5 Å². The number of thiophene rings is 1. The fourth-order valence-corrected chi connectivity index (χ4v) is 6.16. The van der Waals surface area contributed by atoms with Crippen LogP contribution in [-0.2, 0) is 30.6 Å². The number of fused-ring (bicyclic) bond motifs is 3. The fraction of sp³-hybridized carbons (Fsp3) is 0.462. The fourth-order valence-electron chi connectivity index (χ4n) is 4.94. The number of aromatic nitrogens is 2. The second-order valence-electron chi connectivity index (χ2n) is 9.11. The maximum atomic E-state index is 13.1. The van der Waals surface area contributed by atoms with E-state index in [0.717, 1.165) is 35.9 Å². The number of rotatable bonds is 5. The van der Waals surface area contributed by atoms with Crippen LogP contribution in [0.25, 0.3) is 10.2 Å². The molecule has 0 saturated carbocycles. The van der Waals surface area contributed by atoms with Gasteiger partial charge >= 0.3 is 0 Å². The smallest absolute Gasteiger partial charge is 0.262 e. The molecular weight excluding hydrogens is 448 g/mol. The lowest BCUT2D eigenvalue weighted by molar-refractivity contribution is -0.132. The largest absolute Gasteiger partial charge is 0.339 e. The van der Waals surface area contributed by atoms with Crippen molar-refractivity contribution in [2.45, 2.75) is 52.0 Å². The summed E-state index contributed by atoms with van der Waals surface area (Å²) < 4.78 is 1.58. The molecule has 0 atom stereocenters. The summed E-state index contributed by atoms with van der Waals surface area (Å²) >= 11 is 1.64. The Morgan fingerprint density at radius 1 is 1.00 bits per heavy atom. The summed E-state index contributed by atoms with van der Waals surface area (Å²) in [4.78, 5) is 49.0. The van der Waals surface area contributed by atoms with Gasteiger partial charge in [0.25, 0.3) is 11.5 Å². The molecule has 1 aliphatic carbocycles. The van der Waals surface area contributed by atoms with Crippen molar-refractivity contribution in [3.8, 4) is 0 Å². The number of carbonyl (C=O) groups is 2. The molecular formula is C26H30N4O3S. The molecule has 1 fully saturated rings. The molecule has 2 aliphatic rings. The quantitative estimate of drug-likeness (QED) is 0.564. The Balaban J connectivity index is 1.18. The Labute approximate surface area is 203 Å². The Kier molecular flexibility index (Phi) is 6.50. The van der Waals surface area contributed by atoms with Crippen LogP contribution in [0.5, 0.6) is 0 Å². The number of piperazine rings is 1. The second kappa shape index (κ2) is 9.70. The van der Waals surface area contributed by atoms with Crippen molar-refractivity contribution in [2.24, 2.45) is 0 Å². The average Bonchev–Trinajstić information content (AvgIpc) is 3.27. The van der Waals surface area contributed by atoms with Gasteiger partial charge < -0.3 is 9.80 Å². The number of hydrogen-bond donors (Lipinski definition) is 0. The van der Waals surface area contributed by atoms with E-state index in [4.69, 9.17) is 0 Å². The zero-order valence-electron chi connectivity index (χ0n) is 19.6. The van der Waals surface area contributed by atoms with Crippen molar-refractivity contribution < 1.29 is 9.59 Å². The summed E-state index contributed by atoms with van der Waals surface area (Å²) in [6.07, 6.45) is 7.05. The SMILES string of the molecule is CCc1ccc(C(=O)N2CCN(C(=O)CCn3cnc4sc5c(c4c3=O)CCCC5)CC2)cc1. The first-order valence-corrected chi connectivity index (χ1v) is 13.0. The van der Waals surface area contributed by atoms with E-state index < -0.39 is 0 Å². The minimum Gasteiger partial charge on any atom is -0.339 e. The standard InChI is InChI=1S/C26H30N4O3S/c1-2-18-7-9-19(10-8-18)25(32)29-15-13-28(14-16-29)22(31)11-12-30-17-27-24-23(26(30)33)20-5-3-4-6-21(20)34-24/h7-10,17H,2-6,11-16H2,1H3. The molecule has 2 amide bonds. The predicted octanol–water partition coefficient (Wildman–Crippen LogP) is 3.27. The third-order valence-corrected chi connectivity index (χ3v) is 8.24. The van der Waals surface area contributed by atoms with Gasteiger partial charge in [-0.05, 0) is 55.4 Å². The van der Waals surface area contributed by atoms with E-state index in [1.54, 1.807) is 27.1 Å². The molecule has 0 spiro atoms. The number of nitrogens with zero attached hydrogens (tertiary/aromatic N) is 4. The van der Waals surface area contributed by atoms with Crippen LogP contribution in [0.2, 0.25) is 0 Å². The maximum absolute atomic E-state index is 13.1. The number of benzene rings is 1. The van der Waals surface area contributed by atoms with Crippen LogP contribution in [0.4, 0.5) is 0 Å². The summed E-state index contributed by atoms with van der Waals surface area (Å²) in [6.45, 7) is 4.49. The lowest BCUT2D eigenvalue weighted by Gasteiger charge is -2.35. The third-order valence-electron chi connectivity index (χ3n) is 7.04. The van der Waals surface area contributed by atoms with E-state index in [1.807, 2.05) is 29.2 Å². The zero-order chi connectivity index (χ0) is 23.7. The molecule has 1 saturated heterocycles. The molecule has 5 rings (SSSR count). The van der Waals surface area contributed by atoms with E-state index in [2.05, 4.69) is 11.9 Å². The predicted molar refractivity (Wildman–Crippen MR) is 133 cm³/mol. The van der Waals surface area contributed by atoms with Gasteiger partial charge in [0, 0.05) is 49.6 Å². The van der Waals surface area contributed by atoms with E-state index in [0.29, 0.717) is 38.3 Å². The highest BCUT2D eigenvalue weighted by molar-refractivity contribution is 7.18. The Hall–Kier alpha value is -3.00. The van der Waals surface area contributed by atoms with Crippen LogP contribution in [0.1, 0.15) is 52.5 Å². The average molecular weight is 479 g/mol. The highest BCUT2D eigenvalue weighted by Crippen LogP contribution is 2.33. The summed E-state index contributed by atoms with van der Waals surface area (Å²) in [7, 11) is 0. The van der Waals surface area contributed by atoms with Crippen LogP contribution < -0.4 is 5.56 Å². The maximum Gasteiger partial charge on any atom is 0.262 e. The van der Waals surface area contributed by atoms with Gasteiger partial charge in [-0.2, -0.15) is 0 Å². The molecule has 34 heavy (non-hydrogen) atoms. The van der Waals surface area contributed by atoms with Crippen LogP contribution in [0, 0.1) is 0 Å². The highest BCUT2D eigenvalue weighted by Gasteiger charge is 2.25. The zero-order valence-corrected chi connectivity index (χ0v) is 20.4. The Morgan fingerprint density at radius 3 is 2.44 bits per heavy atom. The van der Waals surface area contributed by atoms with Crippen LogP contribution in [-0.4, -0.2) is 57.3 Å². The molecule has 0 bridgehead atoms. The molecule has 3 heterocycles. The van der Waals surface area contributed by atoms with E-state index >= 15 is 0 Å². The molecule has 8 heteroatoms. The monoisotopic (exact) mass is 478 g/mol. The first kappa shape index (κ1) is 22.8.